The minimum absolute atomic E-state index is 0.0214. The molecule has 5 rings (SSSR count). The van der Waals surface area contributed by atoms with Crippen LogP contribution in [0.15, 0.2) is 29.2 Å². The number of carbonyl (C=O) groups excluding carboxylic acids is 2. The topological polar surface area (TPSA) is 75.0 Å². The van der Waals surface area contributed by atoms with Gasteiger partial charge in [0.2, 0.25) is 5.91 Å². The van der Waals surface area contributed by atoms with Crippen molar-refractivity contribution >= 4 is 17.5 Å². The van der Waals surface area contributed by atoms with Gasteiger partial charge in [0.1, 0.15) is 11.2 Å². The van der Waals surface area contributed by atoms with Crippen molar-refractivity contribution in [3.8, 4) is 0 Å². The zero-order chi connectivity index (χ0) is 17.7. The van der Waals surface area contributed by atoms with Crippen molar-refractivity contribution in [3.63, 3.8) is 0 Å². The number of piperidine rings is 1. The van der Waals surface area contributed by atoms with Gasteiger partial charge in [0.05, 0.1) is 5.92 Å². The molecule has 0 N–H and O–H groups in total. The molecule has 3 aliphatic heterocycles. The van der Waals surface area contributed by atoms with Gasteiger partial charge in [0.15, 0.2) is 0 Å². The summed E-state index contributed by atoms with van der Waals surface area (Å²) in [6.45, 7) is 2.64. The third-order valence-corrected chi connectivity index (χ3v) is 5.41. The molecule has 25 heavy (non-hydrogen) atoms. The summed E-state index contributed by atoms with van der Waals surface area (Å²) >= 11 is 0. The number of hydrogen-bond acceptors (Lipinski definition) is 4. The van der Waals surface area contributed by atoms with Crippen LogP contribution in [-0.2, 0) is 4.79 Å². The second kappa shape index (κ2) is 5.68. The van der Waals surface area contributed by atoms with Crippen LogP contribution in [0.4, 0.5) is 0 Å². The number of rotatable bonds is 1. The minimum Gasteiger partial charge on any atom is -0.341 e. The number of amides is 2. The lowest BCUT2D eigenvalue weighted by Crippen LogP contribution is -2.45. The van der Waals surface area contributed by atoms with E-state index < -0.39 is 0 Å². The number of pyridine rings is 1. The van der Waals surface area contributed by atoms with E-state index in [1.54, 1.807) is 22.9 Å². The molecule has 0 saturated carbocycles. The van der Waals surface area contributed by atoms with Gasteiger partial charge in [-0.3, -0.25) is 18.8 Å². The Bertz CT molecular complexity index is 936. The van der Waals surface area contributed by atoms with Gasteiger partial charge in [-0.05, 0) is 31.9 Å². The SMILES string of the molecule is Cc1cccc2ncc(C(=O)N3C[C@@H]4CC[C@H](C3)N(C)C4=O)c(=O)n12. The Labute approximate surface area is 144 Å². The van der Waals surface area contributed by atoms with Gasteiger partial charge < -0.3 is 9.80 Å². The van der Waals surface area contributed by atoms with Crippen LogP contribution in [0.3, 0.4) is 0 Å². The molecular formula is C18H20N4O3. The summed E-state index contributed by atoms with van der Waals surface area (Å²) in [5.41, 5.74) is 0.954. The van der Waals surface area contributed by atoms with E-state index in [-0.39, 0.29) is 34.9 Å². The Kier molecular flexibility index (Phi) is 3.59. The summed E-state index contributed by atoms with van der Waals surface area (Å²) in [4.78, 5) is 45.8. The maximum absolute atomic E-state index is 13.0. The Morgan fingerprint density at radius 3 is 2.80 bits per heavy atom. The van der Waals surface area contributed by atoms with Crippen molar-refractivity contribution < 1.29 is 9.59 Å². The van der Waals surface area contributed by atoms with E-state index in [4.69, 9.17) is 0 Å². The molecule has 2 aromatic rings. The molecule has 0 unspecified atom stereocenters. The number of hydrogen-bond donors (Lipinski definition) is 0. The third kappa shape index (κ3) is 2.42. The fourth-order valence-corrected chi connectivity index (χ4v) is 3.91. The fraction of sp³-hybridized carbons (Fsp3) is 0.444. The van der Waals surface area contributed by atoms with Crippen LogP contribution in [0.5, 0.6) is 0 Å². The molecule has 0 aromatic carbocycles. The number of aromatic nitrogens is 2. The second-order valence-electron chi connectivity index (χ2n) is 6.93. The quantitative estimate of drug-likeness (QED) is 0.766. The van der Waals surface area contributed by atoms with Crippen molar-refractivity contribution in [2.75, 3.05) is 20.1 Å². The summed E-state index contributed by atoms with van der Waals surface area (Å²) in [6.07, 6.45) is 3.05. The van der Waals surface area contributed by atoms with Gasteiger partial charge in [-0.1, -0.05) is 6.07 Å². The lowest BCUT2D eigenvalue weighted by Gasteiger charge is -2.32. The van der Waals surface area contributed by atoms with Crippen molar-refractivity contribution in [3.05, 3.63) is 46.0 Å². The average Bonchev–Trinajstić information content (AvgIpc) is 2.88. The number of aryl methyl sites for hydroxylation is 1. The van der Waals surface area contributed by atoms with Gasteiger partial charge in [0, 0.05) is 38.1 Å². The average molecular weight is 340 g/mol. The van der Waals surface area contributed by atoms with Crippen molar-refractivity contribution in [1.82, 2.24) is 19.2 Å². The van der Waals surface area contributed by atoms with Crippen molar-refractivity contribution in [2.45, 2.75) is 25.8 Å². The molecule has 3 saturated heterocycles. The Morgan fingerprint density at radius 2 is 2.00 bits per heavy atom. The predicted molar refractivity (Wildman–Crippen MR) is 91.4 cm³/mol. The molecule has 0 spiro atoms. The van der Waals surface area contributed by atoms with Crippen LogP contribution >= 0.6 is 0 Å². The fourth-order valence-electron chi connectivity index (χ4n) is 3.91. The standard InChI is InChI=1S/C18H20N4O3/c1-11-4-3-5-15-19-8-14(18(25)22(11)15)17(24)21-9-12-6-7-13(10-21)20(2)16(12)23/h3-5,8,12-13H,6-7,9-10H2,1-2H3/t12-,13+/m0/s1. The highest BCUT2D eigenvalue weighted by Crippen LogP contribution is 2.28. The Balaban J connectivity index is 1.73. The molecule has 2 aromatic heterocycles. The van der Waals surface area contributed by atoms with E-state index in [0.717, 1.165) is 18.5 Å². The molecule has 2 atom stereocenters. The first-order valence-corrected chi connectivity index (χ1v) is 8.50. The summed E-state index contributed by atoms with van der Waals surface area (Å²) in [5, 5.41) is 0. The molecule has 7 nitrogen and oxygen atoms in total. The van der Waals surface area contributed by atoms with E-state index in [2.05, 4.69) is 4.98 Å². The molecule has 3 aliphatic rings. The lowest BCUT2D eigenvalue weighted by molar-refractivity contribution is -0.138. The van der Waals surface area contributed by atoms with E-state index in [0.29, 0.717) is 18.7 Å². The highest BCUT2D eigenvalue weighted by atomic mass is 16.2. The molecule has 0 aliphatic carbocycles. The number of carbonyl (C=O) groups is 2. The highest BCUT2D eigenvalue weighted by Gasteiger charge is 2.40. The number of likely N-dealkylation sites (N-methyl/N-ethyl adjacent to an activating group) is 1. The maximum atomic E-state index is 13.0. The van der Waals surface area contributed by atoms with Gasteiger partial charge >= 0.3 is 0 Å². The molecule has 130 valence electrons. The zero-order valence-corrected chi connectivity index (χ0v) is 14.3. The normalized spacial score (nSPS) is 23.2. The maximum Gasteiger partial charge on any atom is 0.270 e. The monoisotopic (exact) mass is 340 g/mol. The largest absolute Gasteiger partial charge is 0.341 e. The van der Waals surface area contributed by atoms with E-state index in [1.165, 1.54) is 10.6 Å². The van der Waals surface area contributed by atoms with Crippen molar-refractivity contribution in [1.29, 1.82) is 0 Å². The van der Waals surface area contributed by atoms with Crippen LogP contribution < -0.4 is 5.56 Å². The van der Waals surface area contributed by atoms with Crippen LogP contribution in [0, 0.1) is 12.8 Å². The predicted octanol–water partition coefficient (Wildman–Crippen LogP) is 0.696. The molecular weight excluding hydrogens is 320 g/mol. The third-order valence-electron chi connectivity index (χ3n) is 5.41. The van der Waals surface area contributed by atoms with Gasteiger partial charge in [-0.25, -0.2) is 4.98 Å². The molecule has 0 radical (unpaired) electrons. The van der Waals surface area contributed by atoms with E-state index in [9.17, 15) is 14.4 Å². The Hall–Kier alpha value is -2.70. The minimum atomic E-state index is -0.357. The highest BCUT2D eigenvalue weighted by molar-refractivity contribution is 5.94. The molecule has 5 heterocycles. The summed E-state index contributed by atoms with van der Waals surface area (Å²) in [6, 6.07) is 5.40. The molecule has 2 amide bonds. The zero-order valence-electron chi connectivity index (χ0n) is 14.3. The van der Waals surface area contributed by atoms with Gasteiger partial charge in [0.25, 0.3) is 11.5 Å². The first kappa shape index (κ1) is 15.8. The van der Waals surface area contributed by atoms with E-state index in [1.807, 2.05) is 19.1 Å². The molecule has 3 fully saturated rings. The first-order chi connectivity index (χ1) is 12.0. The van der Waals surface area contributed by atoms with Crippen LogP contribution in [-0.4, -0.2) is 57.2 Å². The number of fused-ring (bicyclic) bond motifs is 5. The molecule has 7 heteroatoms. The Morgan fingerprint density at radius 1 is 1.20 bits per heavy atom. The van der Waals surface area contributed by atoms with Gasteiger partial charge in [-0.15, -0.1) is 0 Å². The van der Waals surface area contributed by atoms with Crippen LogP contribution in [0.25, 0.3) is 5.65 Å². The van der Waals surface area contributed by atoms with Gasteiger partial charge in [-0.2, -0.15) is 0 Å². The van der Waals surface area contributed by atoms with Crippen molar-refractivity contribution in [2.24, 2.45) is 5.92 Å². The van der Waals surface area contributed by atoms with Crippen LogP contribution in [0.1, 0.15) is 28.9 Å². The summed E-state index contributed by atoms with van der Waals surface area (Å²) in [7, 11) is 1.79. The lowest BCUT2D eigenvalue weighted by atomic mass is 9.95. The summed E-state index contributed by atoms with van der Waals surface area (Å²) < 4.78 is 1.46. The summed E-state index contributed by atoms with van der Waals surface area (Å²) in [5.74, 6) is -0.420. The van der Waals surface area contributed by atoms with Crippen LogP contribution in [0.2, 0.25) is 0 Å². The smallest absolute Gasteiger partial charge is 0.270 e. The second-order valence-corrected chi connectivity index (χ2v) is 6.93. The first-order valence-electron chi connectivity index (χ1n) is 8.50. The molecule has 2 bridgehead atoms. The number of nitrogens with zero attached hydrogens (tertiary/aromatic N) is 4. The van der Waals surface area contributed by atoms with E-state index >= 15 is 0 Å².